The van der Waals surface area contributed by atoms with Crippen LogP contribution in [0.3, 0.4) is 0 Å². The second-order valence-electron chi connectivity index (χ2n) is 9.19. The van der Waals surface area contributed by atoms with Gasteiger partial charge >= 0.3 is 0 Å². The van der Waals surface area contributed by atoms with Gasteiger partial charge in [-0.1, -0.05) is 45.0 Å². The van der Waals surface area contributed by atoms with Gasteiger partial charge in [-0.15, -0.1) is 28.3 Å². The van der Waals surface area contributed by atoms with E-state index in [-0.39, 0.29) is 28.3 Å². The molecule has 2 aromatic rings. The molecule has 1 N–H and O–H groups in total. The standard InChI is InChI=1S/C23H34O4SSi.BrH/c1-16-19(15-20(28-16)22-25-13-14-26-22)21(24)18-10-8-7-9-17(18)11-12-27-29(5,6)23(2,3)4;/h7-10,15,21-22,24H,11-14H2,1-6H3;1H. The van der Waals surface area contributed by atoms with E-state index in [1.54, 1.807) is 11.3 Å². The number of hydrogen-bond acceptors (Lipinski definition) is 5. The number of hydrogen-bond donors (Lipinski definition) is 1. The SMILES string of the molecule is Br.Cc1sc(C2OCCO2)cc1C(O)c1ccccc1CCO[Si](C)(C)C(C)(C)C. The molecule has 30 heavy (non-hydrogen) atoms. The molecule has 1 aromatic carbocycles. The Morgan fingerprint density at radius 2 is 1.80 bits per heavy atom. The first kappa shape index (κ1) is 25.7. The number of halogens is 1. The number of aryl methyl sites for hydroxylation is 1. The largest absolute Gasteiger partial charge is 0.416 e. The van der Waals surface area contributed by atoms with E-state index in [0.717, 1.165) is 32.9 Å². The highest BCUT2D eigenvalue weighted by molar-refractivity contribution is 8.93. The van der Waals surface area contributed by atoms with Gasteiger partial charge in [0.15, 0.2) is 14.6 Å². The van der Waals surface area contributed by atoms with Crippen molar-refractivity contribution in [3.8, 4) is 0 Å². The van der Waals surface area contributed by atoms with Crippen molar-refractivity contribution in [1.29, 1.82) is 0 Å². The molecule has 1 aromatic heterocycles. The molecule has 0 radical (unpaired) electrons. The predicted octanol–water partition coefficient (Wildman–Crippen LogP) is 6.33. The van der Waals surface area contributed by atoms with E-state index >= 15 is 0 Å². The van der Waals surface area contributed by atoms with Crippen molar-refractivity contribution in [3.05, 3.63) is 56.8 Å². The lowest BCUT2D eigenvalue weighted by molar-refractivity contribution is -0.0414. The molecule has 0 aliphatic carbocycles. The smallest absolute Gasteiger partial charge is 0.193 e. The maximum atomic E-state index is 11.2. The number of aliphatic hydroxyl groups is 1. The van der Waals surface area contributed by atoms with Crippen LogP contribution in [0.25, 0.3) is 0 Å². The van der Waals surface area contributed by atoms with Gasteiger partial charge in [0.2, 0.25) is 0 Å². The molecular weight excluding hydrogens is 480 g/mol. The van der Waals surface area contributed by atoms with Crippen LogP contribution < -0.4 is 0 Å². The van der Waals surface area contributed by atoms with E-state index < -0.39 is 14.4 Å². The first-order chi connectivity index (χ1) is 13.6. The van der Waals surface area contributed by atoms with Crippen molar-refractivity contribution in [2.75, 3.05) is 19.8 Å². The fourth-order valence-electron chi connectivity index (χ4n) is 3.26. The van der Waals surface area contributed by atoms with Crippen LogP contribution in [0.2, 0.25) is 18.1 Å². The number of ether oxygens (including phenoxy) is 2. The summed E-state index contributed by atoms with van der Waals surface area (Å²) in [6.45, 7) is 15.3. The van der Waals surface area contributed by atoms with E-state index in [4.69, 9.17) is 13.9 Å². The molecule has 0 amide bonds. The molecular formula is C23H35BrO4SSi. The molecule has 3 rings (SSSR count). The first-order valence-corrected chi connectivity index (χ1v) is 14.1. The van der Waals surface area contributed by atoms with Crippen LogP contribution >= 0.6 is 28.3 Å². The highest BCUT2D eigenvalue weighted by Crippen LogP contribution is 2.38. The van der Waals surface area contributed by atoms with Gasteiger partial charge < -0.3 is 19.0 Å². The average molecular weight is 516 g/mol. The van der Waals surface area contributed by atoms with Crippen molar-refractivity contribution in [3.63, 3.8) is 0 Å². The quantitative estimate of drug-likeness (QED) is 0.438. The Bertz CT molecular complexity index is 825. The van der Waals surface area contributed by atoms with E-state index in [1.807, 2.05) is 31.2 Å². The number of aliphatic hydroxyl groups excluding tert-OH is 1. The van der Waals surface area contributed by atoms with Crippen molar-refractivity contribution >= 4 is 36.6 Å². The van der Waals surface area contributed by atoms with Crippen LogP contribution in [0, 0.1) is 6.92 Å². The predicted molar refractivity (Wildman–Crippen MR) is 131 cm³/mol. The maximum Gasteiger partial charge on any atom is 0.193 e. The molecule has 1 aliphatic rings. The summed E-state index contributed by atoms with van der Waals surface area (Å²) < 4.78 is 17.6. The van der Waals surface area contributed by atoms with E-state index in [1.165, 1.54) is 0 Å². The summed E-state index contributed by atoms with van der Waals surface area (Å²) in [6, 6.07) is 10.2. The summed E-state index contributed by atoms with van der Waals surface area (Å²) in [5.41, 5.74) is 3.02. The zero-order valence-electron chi connectivity index (χ0n) is 18.9. The molecule has 1 unspecified atom stereocenters. The Morgan fingerprint density at radius 3 is 2.43 bits per heavy atom. The van der Waals surface area contributed by atoms with Crippen molar-refractivity contribution in [2.45, 2.75) is 64.6 Å². The van der Waals surface area contributed by atoms with Crippen LogP contribution in [0.4, 0.5) is 0 Å². The topological polar surface area (TPSA) is 47.9 Å². The second kappa shape index (κ2) is 10.4. The number of rotatable bonds is 7. The average Bonchev–Trinajstić information content (AvgIpc) is 3.30. The highest BCUT2D eigenvalue weighted by atomic mass is 79.9. The first-order valence-electron chi connectivity index (χ1n) is 10.3. The highest BCUT2D eigenvalue weighted by Gasteiger charge is 2.37. The summed E-state index contributed by atoms with van der Waals surface area (Å²) in [5, 5.41) is 11.4. The number of thiophene rings is 1. The van der Waals surface area contributed by atoms with Gasteiger partial charge in [0.05, 0.1) is 18.1 Å². The Morgan fingerprint density at radius 1 is 1.17 bits per heavy atom. The normalized spacial score (nSPS) is 16.5. The van der Waals surface area contributed by atoms with Crippen LogP contribution in [0.1, 0.15) is 59.6 Å². The lowest BCUT2D eigenvalue weighted by Gasteiger charge is -2.36. The zero-order valence-corrected chi connectivity index (χ0v) is 22.4. The Labute approximate surface area is 196 Å². The van der Waals surface area contributed by atoms with Crippen molar-refractivity contribution in [2.24, 2.45) is 0 Å². The summed E-state index contributed by atoms with van der Waals surface area (Å²) in [4.78, 5) is 2.12. The molecule has 7 heteroatoms. The Kier molecular flexibility index (Phi) is 8.90. The van der Waals surface area contributed by atoms with Crippen LogP contribution in [0.5, 0.6) is 0 Å². The lowest BCUT2D eigenvalue weighted by atomic mass is 9.95. The van der Waals surface area contributed by atoms with Gasteiger partial charge in [0.1, 0.15) is 6.10 Å². The van der Waals surface area contributed by atoms with E-state index in [9.17, 15) is 5.11 Å². The Balaban J connectivity index is 0.00000320. The third-order valence-corrected chi connectivity index (χ3v) is 11.7. The molecule has 0 spiro atoms. The van der Waals surface area contributed by atoms with Crippen molar-refractivity contribution in [1.82, 2.24) is 0 Å². The fourth-order valence-corrected chi connectivity index (χ4v) is 5.36. The third-order valence-electron chi connectivity index (χ3n) is 6.11. The van der Waals surface area contributed by atoms with Crippen LogP contribution in [0.15, 0.2) is 30.3 Å². The van der Waals surface area contributed by atoms with Crippen molar-refractivity contribution < 1.29 is 19.0 Å². The minimum atomic E-state index is -1.78. The van der Waals surface area contributed by atoms with Gasteiger partial charge in [0, 0.05) is 11.5 Å². The van der Waals surface area contributed by atoms with Gasteiger partial charge in [-0.3, -0.25) is 0 Å². The minimum Gasteiger partial charge on any atom is -0.416 e. The van der Waals surface area contributed by atoms with Crippen LogP contribution in [-0.2, 0) is 20.3 Å². The minimum absolute atomic E-state index is 0. The molecule has 168 valence electrons. The monoisotopic (exact) mass is 514 g/mol. The van der Waals surface area contributed by atoms with Gasteiger partial charge in [-0.05, 0) is 54.2 Å². The van der Waals surface area contributed by atoms with E-state index in [2.05, 4.69) is 39.9 Å². The summed E-state index contributed by atoms with van der Waals surface area (Å²) in [5.74, 6) is 0. The lowest BCUT2D eigenvalue weighted by Crippen LogP contribution is -2.41. The molecule has 1 saturated heterocycles. The Hall–Kier alpha value is -0.543. The molecule has 0 bridgehead atoms. The molecule has 1 aliphatic heterocycles. The summed E-state index contributed by atoms with van der Waals surface area (Å²) in [6.07, 6.45) is -0.164. The molecule has 0 saturated carbocycles. The third kappa shape index (κ3) is 5.82. The summed E-state index contributed by atoms with van der Waals surface area (Å²) in [7, 11) is -1.78. The summed E-state index contributed by atoms with van der Waals surface area (Å²) >= 11 is 1.64. The second-order valence-corrected chi connectivity index (χ2v) is 15.3. The fraction of sp³-hybridized carbons (Fsp3) is 0.565. The molecule has 4 nitrogen and oxygen atoms in total. The van der Waals surface area contributed by atoms with E-state index in [0.29, 0.717) is 19.8 Å². The maximum absolute atomic E-state index is 11.2. The number of benzene rings is 1. The molecule has 2 heterocycles. The van der Waals surface area contributed by atoms with Gasteiger partial charge in [-0.25, -0.2) is 0 Å². The van der Waals surface area contributed by atoms with Gasteiger partial charge in [0.25, 0.3) is 0 Å². The zero-order chi connectivity index (χ0) is 21.2. The molecule has 1 atom stereocenters. The van der Waals surface area contributed by atoms with Gasteiger partial charge in [-0.2, -0.15) is 0 Å². The van der Waals surface area contributed by atoms with Crippen LogP contribution in [-0.4, -0.2) is 33.2 Å². The molecule has 1 fully saturated rings.